The van der Waals surface area contributed by atoms with Gasteiger partial charge in [0.15, 0.2) is 0 Å². The van der Waals surface area contributed by atoms with Gasteiger partial charge in [-0.15, -0.1) is 0 Å². The maximum Gasteiger partial charge on any atom is 0.129 e. The van der Waals surface area contributed by atoms with Crippen LogP contribution in [-0.2, 0) is 6.54 Å². The highest BCUT2D eigenvalue weighted by Crippen LogP contribution is 2.28. The Morgan fingerprint density at radius 3 is 2.86 bits per heavy atom. The first kappa shape index (κ1) is 14.1. The van der Waals surface area contributed by atoms with Crippen LogP contribution in [0.1, 0.15) is 19.4 Å². The molecule has 1 aromatic carbocycles. The summed E-state index contributed by atoms with van der Waals surface area (Å²) in [5, 5.41) is 1.15. The molecule has 3 rings (SSSR count). The van der Waals surface area contributed by atoms with Crippen molar-refractivity contribution < 1.29 is 4.74 Å². The lowest BCUT2D eigenvalue weighted by atomic mass is 10.2. The van der Waals surface area contributed by atoms with E-state index in [1.54, 1.807) is 6.20 Å². The fourth-order valence-electron chi connectivity index (χ4n) is 2.43. The van der Waals surface area contributed by atoms with Gasteiger partial charge in [0.05, 0.1) is 11.6 Å². The molecule has 2 aromatic heterocycles. The van der Waals surface area contributed by atoms with Gasteiger partial charge in [-0.1, -0.05) is 6.07 Å². The lowest BCUT2D eigenvalue weighted by molar-refractivity contribution is 0.245. The van der Waals surface area contributed by atoms with Crippen LogP contribution in [0.25, 0.3) is 10.9 Å². The number of benzene rings is 1. The zero-order valence-corrected chi connectivity index (χ0v) is 13.7. The van der Waals surface area contributed by atoms with Crippen molar-refractivity contribution in [3.05, 3.63) is 59.0 Å². The molecule has 0 aliphatic carbocycles. The summed E-state index contributed by atoms with van der Waals surface area (Å²) in [6, 6.07) is 10.4. The molecule has 0 saturated heterocycles. The van der Waals surface area contributed by atoms with E-state index in [4.69, 9.17) is 4.74 Å². The van der Waals surface area contributed by atoms with E-state index in [9.17, 15) is 0 Å². The number of fused-ring (bicyclic) bond motifs is 1. The lowest BCUT2D eigenvalue weighted by Gasteiger charge is -2.11. The molecular formula is C17H17BrN2O. The molecule has 0 unspecified atom stereocenters. The second kappa shape index (κ2) is 5.90. The largest absolute Gasteiger partial charge is 0.490 e. The fourth-order valence-corrected chi connectivity index (χ4v) is 2.84. The number of ether oxygens (including phenoxy) is 1. The van der Waals surface area contributed by atoms with E-state index in [1.807, 2.05) is 32.2 Å². The molecule has 4 heteroatoms. The SMILES string of the molecule is CC(C)Oc1cccc2c1ccn2Cc1cncc(Br)c1. The predicted octanol–water partition coefficient (Wildman–Crippen LogP) is 4.63. The smallest absolute Gasteiger partial charge is 0.129 e. The first-order valence-corrected chi connectivity index (χ1v) is 7.77. The third kappa shape index (κ3) is 3.10. The van der Waals surface area contributed by atoms with Crippen molar-refractivity contribution in [2.24, 2.45) is 0 Å². The molecule has 2 heterocycles. The number of halogens is 1. The first-order chi connectivity index (χ1) is 10.1. The quantitative estimate of drug-likeness (QED) is 0.689. The van der Waals surface area contributed by atoms with Crippen molar-refractivity contribution in [1.29, 1.82) is 0 Å². The van der Waals surface area contributed by atoms with Crippen molar-refractivity contribution in [2.45, 2.75) is 26.5 Å². The molecular weight excluding hydrogens is 328 g/mol. The van der Waals surface area contributed by atoms with E-state index in [1.165, 1.54) is 5.52 Å². The molecule has 0 aliphatic heterocycles. The Bertz CT molecular complexity index is 764. The Morgan fingerprint density at radius 1 is 1.24 bits per heavy atom. The van der Waals surface area contributed by atoms with E-state index in [0.717, 1.165) is 27.7 Å². The zero-order valence-electron chi connectivity index (χ0n) is 12.1. The van der Waals surface area contributed by atoms with E-state index in [0.29, 0.717) is 0 Å². The van der Waals surface area contributed by atoms with Crippen LogP contribution in [-0.4, -0.2) is 15.7 Å². The van der Waals surface area contributed by atoms with Gasteiger partial charge in [0.25, 0.3) is 0 Å². The van der Waals surface area contributed by atoms with Gasteiger partial charge in [-0.3, -0.25) is 4.98 Å². The van der Waals surface area contributed by atoms with Gasteiger partial charge in [0, 0.05) is 35.0 Å². The maximum atomic E-state index is 5.88. The highest BCUT2D eigenvalue weighted by Gasteiger charge is 2.08. The van der Waals surface area contributed by atoms with Crippen molar-refractivity contribution >= 4 is 26.8 Å². The zero-order chi connectivity index (χ0) is 14.8. The normalized spacial score (nSPS) is 11.2. The van der Waals surface area contributed by atoms with E-state index < -0.39 is 0 Å². The standard InChI is InChI=1S/C17H17BrN2O/c1-12(2)21-17-5-3-4-16-15(17)6-7-20(16)11-13-8-14(18)10-19-9-13/h3-10,12H,11H2,1-2H3. The highest BCUT2D eigenvalue weighted by atomic mass is 79.9. The minimum absolute atomic E-state index is 0.174. The van der Waals surface area contributed by atoms with Crippen LogP contribution < -0.4 is 4.74 Å². The summed E-state index contributed by atoms with van der Waals surface area (Å²) < 4.78 is 9.09. The summed E-state index contributed by atoms with van der Waals surface area (Å²) >= 11 is 3.46. The van der Waals surface area contributed by atoms with Crippen LogP contribution in [0.15, 0.2) is 53.4 Å². The predicted molar refractivity (Wildman–Crippen MR) is 88.7 cm³/mol. The molecule has 0 amide bonds. The van der Waals surface area contributed by atoms with Gasteiger partial charge >= 0.3 is 0 Å². The summed E-state index contributed by atoms with van der Waals surface area (Å²) in [7, 11) is 0. The molecule has 3 nitrogen and oxygen atoms in total. The monoisotopic (exact) mass is 344 g/mol. The Labute approximate surface area is 132 Å². The van der Waals surface area contributed by atoms with Gasteiger partial charge in [0.2, 0.25) is 0 Å². The molecule has 21 heavy (non-hydrogen) atoms. The number of pyridine rings is 1. The van der Waals surface area contributed by atoms with Crippen molar-refractivity contribution in [3.8, 4) is 5.75 Å². The minimum Gasteiger partial charge on any atom is -0.490 e. The summed E-state index contributed by atoms with van der Waals surface area (Å²) in [4.78, 5) is 4.22. The molecule has 0 fully saturated rings. The highest BCUT2D eigenvalue weighted by molar-refractivity contribution is 9.10. The second-order valence-corrected chi connectivity index (χ2v) is 6.23. The molecule has 0 spiro atoms. The topological polar surface area (TPSA) is 27.1 Å². The minimum atomic E-state index is 0.174. The van der Waals surface area contributed by atoms with Gasteiger partial charge in [-0.2, -0.15) is 0 Å². The average molecular weight is 345 g/mol. The lowest BCUT2D eigenvalue weighted by Crippen LogP contribution is -2.05. The van der Waals surface area contributed by atoms with E-state index in [-0.39, 0.29) is 6.10 Å². The number of rotatable bonds is 4. The van der Waals surface area contributed by atoms with Crippen molar-refractivity contribution in [1.82, 2.24) is 9.55 Å². The van der Waals surface area contributed by atoms with Crippen LogP contribution in [0.2, 0.25) is 0 Å². The van der Waals surface area contributed by atoms with Crippen molar-refractivity contribution in [2.75, 3.05) is 0 Å². The number of aromatic nitrogens is 2. The second-order valence-electron chi connectivity index (χ2n) is 5.31. The molecule has 0 saturated carbocycles. The number of nitrogens with zero attached hydrogens (tertiary/aromatic N) is 2. The molecule has 3 aromatic rings. The van der Waals surface area contributed by atoms with E-state index >= 15 is 0 Å². The third-order valence-corrected chi connectivity index (χ3v) is 3.68. The average Bonchev–Trinajstić information content (AvgIpc) is 2.83. The molecule has 0 N–H and O–H groups in total. The van der Waals surface area contributed by atoms with Gasteiger partial charge < -0.3 is 9.30 Å². The number of hydrogen-bond acceptors (Lipinski definition) is 2. The van der Waals surface area contributed by atoms with Crippen molar-refractivity contribution in [3.63, 3.8) is 0 Å². The van der Waals surface area contributed by atoms with Crippen LogP contribution in [0, 0.1) is 0 Å². The van der Waals surface area contributed by atoms with Crippen LogP contribution >= 0.6 is 15.9 Å². The molecule has 0 aliphatic rings. The van der Waals surface area contributed by atoms with Gasteiger partial charge in [-0.25, -0.2) is 0 Å². The van der Waals surface area contributed by atoms with E-state index in [2.05, 4.69) is 49.9 Å². The molecule has 0 atom stereocenters. The summed E-state index contributed by atoms with van der Waals surface area (Å²) in [5.41, 5.74) is 2.34. The van der Waals surface area contributed by atoms with Crippen LogP contribution in [0.4, 0.5) is 0 Å². The number of hydrogen-bond donors (Lipinski definition) is 0. The summed E-state index contributed by atoms with van der Waals surface area (Å²) in [6.45, 7) is 4.88. The Morgan fingerprint density at radius 2 is 2.10 bits per heavy atom. The molecule has 0 bridgehead atoms. The van der Waals surface area contributed by atoms with Gasteiger partial charge in [-0.05, 0) is 59.6 Å². The Kier molecular flexibility index (Phi) is 3.97. The van der Waals surface area contributed by atoms with Gasteiger partial charge in [0.1, 0.15) is 5.75 Å². The fraction of sp³-hybridized carbons (Fsp3) is 0.235. The third-order valence-electron chi connectivity index (χ3n) is 3.25. The molecule has 0 radical (unpaired) electrons. The van der Waals surface area contributed by atoms with Crippen LogP contribution in [0.5, 0.6) is 5.75 Å². The maximum absolute atomic E-state index is 5.88. The Balaban J connectivity index is 1.97. The summed E-state index contributed by atoms with van der Waals surface area (Å²) in [5.74, 6) is 0.939. The molecule has 108 valence electrons. The summed E-state index contributed by atoms with van der Waals surface area (Å²) in [6.07, 6.45) is 5.96. The van der Waals surface area contributed by atoms with Crippen LogP contribution in [0.3, 0.4) is 0 Å². The first-order valence-electron chi connectivity index (χ1n) is 6.97. The Hall–Kier alpha value is -1.81.